The molecule has 4 aromatic carbocycles. The first-order chi connectivity index (χ1) is 22.1. The summed E-state index contributed by atoms with van der Waals surface area (Å²) in [6.45, 7) is 8.53. The number of phenolic OH excluding ortho intramolecular Hbond substituents is 1. The van der Waals surface area contributed by atoms with Gasteiger partial charge in [-0.2, -0.15) is 0 Å². The van der Waals surface area contributed by atoms with Crippen LogP contribution in [-0.2, 0) is 13.3 Å². The zero-order chi connectivity index (χ0) is 31.8. The molecule has 0 saturated heterocycles. The Morgan fingerprint density at radius 1 is 0.565 bits per heavy atom. The van der Waals surface area contributed by atoms with Crippen molar-refractivity contribution in [3.05, 3.63) is 109 Å². The standard InChI is InChI=1S/C38H49O5PSi.BrH/c1-4-41-45(42-5-2,43-6-3)31-21-10-8-7-9-20-30-40-37-29-28-33(39)32-38(37)44(34-22-14-11-15-23-34,35-24-16-12-17-25-35)36-26-18-13-19-27-36;/h11-19,22-29,32H,4-10,20-21,30-31H2,1-3H3;1H. The number of hydrogen-bond donors (Lipinski definition) is 1. The molecule has 248 valence electrons. The monoisotopic (exact) mass is 724 g/mol. The van der Waals surface area contributed by atoms with Crippen molar-refractivity contribution in [2.45, 2.75) is 65.3 Å². The Balaban J connectivity index is 0.00000576. The van der Waals surface area contributed by atoms with Crippen LogP contribution in [-0.4, -0.2) is 40.3 Å². The number of phenols is 1. The van der Waals surface area contributed by atoms with Crippen LogP contribution in [0.2, 0.25) is 6.04 Å². The second-order valence-electron chi connectivity index (χ2n) is 11.0. The normalized spacial score (nSPS) is 11.6. The van der Waals surface area contributed by atoms with Crippen molar-refractivity contribution >= 4 is 37.3 Å². The molecule has 46 heavy (non-hydrogen) atoms. The van der Waals surface area contributed by atoms with E-state index in [2.05, 4.69) is 91.0 Å². The van der Waals surface area contributed by atoms with Crippen LogP contribution in [0.4, 0.5) is 0 Å². The molecule has 0 aliphatic heterocycles. The van der Waals surface area contributed by atoms with Gasteiger partial charge in [0.25, 0.3) is 0 Å². The van der Waals surface area contributed by atoms with Gasteiger partial charge in [0.15, 0.2) is 11.1 Å². The highest BCUT2D eigenvalue weighted by Crippen LogP contribution is 2.56. The third kappa shape index (κ3) is 9.76. The molecule has 0 atom stereocenters. The SMILES string of the molecule is CCO[Si](CCCCCCCCOc1ccc(O)cc1[P+](c1ccccc1)(c1ccccc1)c1ccccc1)(OCC)OCC.[Br-]. The second kappa shape index (κ2) is 20.0. The summed E-state index contributed by atoms with van der Waals surface area (Å²) < 4.78 is 24.6. The summed E-state index contributed by atoms with van der Waals surface area (Å²) in [5.41, 5.74) is 0. The number of rotatable bonds is 20. The zero-order valence-electron chi connectivity index (χ0n) is 27.6. The molecule has 0 saturated carbocycles. The Morgan fingerprint density at radius 3 is 1.46 bits per heavy atom. The summed E-state index contributed by atoms with van der Waals surface area (Å²) in [5, 5.41) is 15.5. The van der Waals surface area contributed by atoms with E-state index in [-0.39, 0.29) is 22.7 Å². The molecule has 0 spiro atoms. The fourth-order valence-corrected chi connectivity index (χ4v) is 13.1. The fourth-order valence-electron chi connectivity index (χ4n) is 6.04. The second-order valence-corrected chi connectivity index (χ2v) is 17.1. The van der Waals surface area contributed by atoms with Crippen LogP contribution >= 0.6 is 7.26 Å². The maximum atomic E-state index is 10.8. The van der Waals surface area contributed by atoms with Crippen LogP contribution < -0.4 is 42.9 Å². The van der Waals surface area contributed by atoms with Crippen LogP contribution in [0, 0.1) is 0 Å². The van der Waals surface area contributed by atoms with Crippen LogP contribution in [0.3, 0.4) is 0 Å². The number of benzene rings is 4. The summed E-state index contributed by atoms with van der Waals surface area (Å²) in [6.07, 6.45) is 6.61. The maximum absolute atomic E-state index is 10.8. The largest absolute Gasteiger partial charge is 1.00 e. The highest BCUT2D eigenvalue weighted by atomic mass is 79.9. The quantitative estimate of drug-likeness (QED) is 0.0809. The predicted octanol–water partition coefficient (Wildman–Crippen LogP) is 4.78. The molecule has 0 bridgehead atoms. The molecule has 1 N–H and O–H groups in total. The molecule has 0 aliphatic rings. The van der Waals surface area contributed by atoms with Crippen molar-refractivity contribution in [3.63, 3.8) is 0 Å². The van der Waals surface area contributed by atoms with Crippen LogP contribution in [0.1, 0.15) is 59.3 Å². The van der Waals surface area contributed by atoms with E-state index in [1.54, 1.807) is 6.07 Å². The first-order valence-corrected chi connectivity index (χ1v) is 20.3. The van der Waals surface area contributed by atoms with Crippen molar-refractivity contribution in [1.29, 1.82) is 0 Å². The van der Waals surface area contributed by atoms with Crippen molar-refractivity contribution in [2.75, 3.05) is 26.4 Å². The maximum Gasteiger partial charge on any atom is 0.500 e. The lowest BCUT2D eigenvalue weighted by Crippen LogP contribution is -3.00. The Kier molecular flexibility index (Phi) is 16.5. The molecule has 0 heterocycles. The van der Waals surface area contributed by atoms with Crippen molar-refractivity contribution in [1.82, 2.24) is 0 Å². The Bertz CT molecular complexity index is 1280. The number of halogens is 1. The number of ether oxygens (including phenoxy) is 1. The van der Waals surface area contributed by atoms with Crippen LogP contribution in [0.15, 0.2) is 109 Å². The minimum atomic E-state index is -2.55. The van der Waals surface area contributed by atoms with Gasteiger partial charge in [-0.25, -0.2) is 0 Å². The lowest BCUT2D eigenvalue weighted by atomic mass is 10.1. The molecule has 0 aromatic heterocycles. The summed E-state index contributed by atoms with van der Waals surface area (Å²) in [7, 11) is -4.93. The van der Waals surface area contributed by atoms with Crippen molar-refractivity contribution in [2.24, 2.45) is 0 Å². The van der Waals surface area contributed by atoms with E-state index in [9.17, 15) is 5.11 Å². The topological polar surface area (TPSA) is 57.2 Å². The summed E-state index contributed by atoms with van der Waals surface area (Å²) in [5.74, 6) is 1.08. The molecule has 4 aromatic rings. The van der Waals surface area contributed by atoms with E-state index < -0.39 is 16.1 Å². The molecule has 0 unspecified atom stereocenters. The van der Waals surface area contributed by atoms with E-state index in [1.165, 1.54) is 22.3 Å². The number of unbranched alkanes of at least 4 members (excludes halogenated alkanes) is 5. The Labute approximate surface area is 288 Å². The highest BCUT2D eigenvalue weighted by molar-refractivity contribution is 8.01. The summed E-state index contributed by atoms with van der Waals surface area (Å²) >= 11 is 0. The molecule has 0 aliphatic carbocycles. The smallest absolute Gasteiger partial charge is 0.500 e. The van der Waals surface area contributed by atoms with Crippen LogP contribution in [0.5, 0.6) is 11.5 Å². The first-order valence-electron chi connectivity index (χ1n) is 16.5. The van der Waals surface area contributed by atoms with E-state index >= 15 is 0 Å². The molecule has 0 radical (unpaired) electrons. The van der Waals surface area contributed by atoms with E-state index in [4.69, 9.17) is 18.0 Å². The van der Waals surface area contributed by atoms with Gasteiger partial charge >= 0.3 is 8.80 Å². The van der Waals surface area contributed by atoms with Crippen molar-refractivity contribution < 1.29 is 40.1 Å². The molecule has 0 fully saturated rings. The van der Waals surface area contributed by atoms with Crippen LogP contribution in [0.25, 0.3) is 0 Å². The number of aromatic hydroxyl groups is 1. The van der Waals surface area contributed by atoms with Gasteiger partial charge in [0.1, 0.15) is 28.9 Å². The van der Waals surface area contributed by atoms with Gasteiger partial charge in [0, 0.05) is 31.9 Å². The summed E-state index contributed by atoms with van der Waals surface area (Å²) in [6, 6.07) is 38.6. The average Bonchev–Trinajstić information content (AvgIpc) is 3.07. The molecular formula is C38H50BrO5PSi. The zero-order valence-corrected chi connectivity index (χ0v) is 31.1. The van der Waals surface area contributed by atoms with Gasteiger partial charge in [-0.3, -0.25) is 0 Å². The molecule has 4 rings (SSSR count). The fraction of sp³-hybridized carbons (Fsp3) is 0.368. The molecule has 5 nitrogen and oxygen atoms in total. The summed E-state index contributed by atoms with van der Waals surface area (Å²) in [4.78, 5) is 0. The Morgan fingerprint density at radius 2 is 1.00 bits per heavy atom. The van der Waals surface area contributed by atoms with E-state index in [1.807, 2.05) is 32.9 Å². The molecule has 8 heteroatoms. The molecular weight excluding hydrogens is 675 g/mol. The Hall–Kier alpha value is -2.51. The third-order valence-electron chi connectivity index (χ3n) is 7.96. The average molecular weight is 726 g/mol. The number of hydrogen-bond acceptors (Lipinski definition) is 5. The molecule has 0 amide bonds. The van der Waals surface area contributed by atoms with Gasteiger partial charge in [0.2, 0.25) is 0 Å². The van der Waals surface area contributed by atoms with Crippen molar-refractivity contribution in [3.8, 4) is 11.5 Å². The minimum absolute atomic E-state index is 0. The van der Waals surface area contributed by atoms with Gasteiger partial charge in [-0.05, 0) is 82.1 Å². The lowest BCUT2D eigenvalue weighted by molar-refractivity contribution is -0.0000217. The van der Waals surface area contributed by atoms with Gasteiger partial charge in [-0.15, -0.1) is 0 Å². The predicted molar refractivity (Wildman–Crippen MR) is 192 cm³/mol. The van der Waals surface area contributed by atoms with E-state index in [0.29, 0.717) is 26.4 Å². The highest BCUT2D eigenvalue weighted by Gasteiger charge is 2.50. The minimum Gasteiger partial charge on any atom is -1.00 e. The van der Waals surface area contributed by atoms with Gasteiger partial charge in [-0.1, -0.05) is 80.3 Å². The van der Waals surface area contributed by atoms with E-state index in [0.717, 1.165) is 49.2 Å². The lowest BCUT2D eigenvalue weighted by Gasteiger charge is -2.29. The van der Waals surface area contributed by atoms with Gasteiger partial charge in [0.05, 0.1) is 6.61 Å². The third-order valence-corrected chi connectivity index (χ3v) is 15.4. The first kappa shape index (κ1) is 37.9. The van der Waals surface area contributed by atoms with Gasteiger partial charge < -0.3 is 40.1 Å².